The zero-order valence-corrected chi connectivity index (χ0v) is 13.1. The summed E-state index contributed by atoms with van der Waals surface area (Å²) in [5.41, 5.74) is 0.627. The highest BCUT2D eigenvalue weighted by Crippen LogP contribution is 2.17. The summed E-state index contributed by atoms with van der Waals surface area (Å²) in [5, 5.41) is 14.1. The molecule has 3 rings (SSSR count). The Kier molecular flexibility index (Phi) is 4.68. The smallest absolute Gasteiger partial charge is 0.256 e. The molecule has 0 radical (unpaired) electrons. The number of benzene rings is 1. The number of aryl methyl sites for hydroxylation is 1. The predicted molar refractivity (Wildman–Crippen MR) is 82.3 cm³/mol. The molecule has 0 aliphatic carbocycles. The molecule has 0 spiro atoms. The van der Waals surface area contributed by atoms with Crippen molar-refractivity contribution in [3.05, 3.63) is 47.6 Å². The number of carbonyl (C=O) groups excluding carboxylic acids is 1. The number of hydrogen-bond donors (Lipinski definition) is 1. The summed E-state index contributed by atoms with van der Waals surface area (Å²) in [6, 6.07) is 9.02. The Morgan fingerprint density at radius 3 is 2.57 bits per heavy atom. The topological polar surface area (TPSA) is 82.7 Å². The lowest BCUT2D eigenvalue weighted by molar-refractivity contribution is -0.142. The van der Waals surface area contributed by atoms with Gasteiger partial charge in [0.25, 0.3) is 5.91 Å². The molecular weight excluding hydrogens is 296 g/mol. The summed E-state index contributed by atoms with van der Waals surface area (Å²) >= 11 is 0. The molecule has 2 aromatic rings. The zero-order valence-electron chi connectivity index (χ0n) is 13.1. The lowest BCUT2D eigenvalue weighted by Gasteiger charge is -2.35. The van der Waals surface area contributed by atoms with Gasteiger partial charge in [0, 0.05) is 33.1 Å². The predicted octanol–water partition coefficient (Wildman–Crippen LogP) is 0.756. The van der Waals surface area contributed by atoms with Crippen LogP contribution in [0, 0.1) is 6.92 Å². The van der Waals surface area contributed by atoms with Gasteiger partial charge >= 0.3 is 0 Å². The minimum atomic E-state index is -1.09. The maximum atomic E-state index is 12.4. The van der Waals surface area contributed by atoms with E-state index >= 15 is 0 Å². The molecule has 1 aromatic heterocycles. The van der Waals surface area contributed by atoms with E-state index < -0.39 is 6.10 Å². The van der Waals surface area contributed by atoms with Gasteiger partial charge in [0.2, 0.25) is 5.89 Å². The molecular formula is C16H20N4O3. The maximum absolute atomic E-state index is 12.4. The molecule has 1 fully saturated rings. The van der Waals surface area contributed by atoms with Gasteiger partial charge in [-0.1, -0.05) is 35.5 Å². The van der Waals surface area contributed by atoms with Crippen molar-refractivity contribution in [1.29, 1.82) is 0 Å². The van der Waals surface area contributed by atoms with Gasteiger partial charge in [0.15, 0.2) is 11.9 Å². The minimum absolute atomic E-state index is 0.244. The second kappa shape index (κ2) is 6.89. The molecule has 7 nitrogen and oxygen atoms in total. The number of aliphatic hydroxyl groups excluding tert-OH is 1. The third kappa shape index (κ3) is 3.75. The fraction of sp³-hybridized carbons (Fsp3) is 0.438. The molecule has 1 N–H and O–H groups in total. The van der Waals surface area contributed by atoms with Crippen molar-refractivity contribution in [2.45, 2.75) is 19.6 Å². The van der Waals surface area contributed by atoms with E-state index in [1.165, 1.54) is 0 Å². The van der Waals surface area contributed by atoms with E-state index in [-0.39, 0.29) is 5.91 Å². The highest BCUT2D eigenvalue weighted by atomic mass is 16.5. The summed E-state index contributed by atoms with van der Waals surface area (Å²) in [4.78, 5) is 20.4. The molecule has 2 heterocycles. The molecule has 1 aliphatic rings. The number of nitrogens with zero attached hydrogens (tertiary/aromatic N) is 4. The Morgan fingerprint density at radius 1 is 1.26 bits per heavy atom. The number of aliphatic hydroxyl groups is 1. The van der Waals surface area contributed by atoms with Crippen LogP contribution in [0.5, 0.6) is 0 Å². The summed E-state index contributed by atoms with van der Waals surface area (Å²) in [7, 11) is 0. The third-order valence-corrected chi connectivity index (χ3v) is 3.97. The quantitative estimate of drug-likeness (QED) is 0.896. The summed E-state index contributed by atoms with van der Waals surface area (Å²) < 4.78 is 4.96. The molecule has 0 bridgehead atoms. The number of carbonyl (C=O) groups is 1. The van der Waals surface area contributed by atoms with Crippen LogP contribution in [0.25, 0.3) is 0 Å². The first kappa shape index (κ1) is 15.6. The van der Waals surface area contributed by atoms with Crippen LogP contribution in [0.15, 0.2) is 34.9 Å². The maximum Gasteiger partial charge on any atom is 0.256 e. The van der Waals surface area contributed by atoms with E-state index in [1.54, 1.807) is 24.0 Å². The van der Waals surface area contributed by atoms with Gasteiger partial charge in [-0.25, -0.2) is 0 Å². The van der Waals surface area contributed by atoms with Gasteiger partial charge in [0.1, 0.15) is 0 Å². The van der Waals surface area contributed by atoms with Crippen LogP contribution in [0.2, 0.25) is 0 Å². The number of amides is 1. The first-order valence-electron chi connectivity index (χ1n) is 7.67. The molecule has 1 saturated heterocycles. The van der Waals surface area contributed by atoms with Crippen LogP contribution in [0.4, 0.5) is 0 Å². The van der Waals surface area contributed by atoms with Crippen molar-refractivity contribution in [2.75, 3.05) is 26.2 Å². The van der Waals surface area contributed by atoms with E-state index in [2.05, 4.69) is 15.0 Å². The van der Waals surface area contributed by atoms with Gasteiger partial charge < -0.3 is 14.5 Å². The third-order valence-electron chi connectivity index (χ3n) is 3.97. The van der Waals surface area contributed by atoms with Crippen molar-refractivity contribution in [3.63, 3.8) is 0 Å². The van der Waals surface area contributed by atoms with Crippen LogP contribution in [-0.2, 0) is 11.3 Å². The molecule has 23 heavy (non-hydrogen) atoms. The molecule has 1 aromatic carbocycles. The van der Waals surface area contributed by atoms with E-state index in [4.69, 9.17) is 4.52 Å². The first-order chi connectivity index (χ1) is 11.1. The van der Waals surface area contributed by atoms with Crippen molar-refractivity contribution < 1.29 is 14.4 Å². The number of piperazine rings is 1. The van der Waals surface area contributed by atoms with E-state index in [9.17, 15) is 9.90 Å². The van der Waals surface area contributed by atoms with Crippen molar-refractivity contribution in [1.82, 2.24) is 19.9 Å². The van der Waals surface area contributed by atoms with E-state index in [0.29, 0.717) is 36.9 Å². The molecule has 1 atom stereocenters. The van der Waals surface area contributed by atoms with Gasteiger partial charge in [-0.05, 0) is 5.56 Å². The second-order valence-electron chi connectivity index (χ2n) is 5.64. The molecule has 1 unspecified atom stereocenters. The van der Waals surface area contributed by atoms with Crippen LogP contribution in [0.1, 0.15) is 23.4 Å². The van der Waals surface area contributed by atoms with Gasteiger partial charge in [-0.2, -0.15) is 4.98 Å². The summed E-state index contributed by atoms with van der Waals surface area (Å²) in [5.74, 6) is 0.970. The van der Waals surface area contributed by atoms with Crippen LogP contribution >= 0.6 is 0 Å². The number of aromatic nitrogens is 2. The molecule has 7 heteroatoms. The molecule has 1 aliphatic heterocycles. The standard InChI is InChI=1S/C16H20N4O3/c1-12-17-14(18-23-12)11-19-7-9-20(10-8-19)16(22)15(21)13-5-3-2-4-6-13/h2-6,15,21H,7-11H2,1H3. The van der Waals surface area contributed by atoms with Crippen LogP contribution < -0.4 is 0 Å². The number of rotatable bonds is 4. The molecule has 122 valence electrons. The van der Waals surface area contributed by atoms with Gasteiger partial charge in [0.05, 0.1) is 6.54 Å². The summed E-state index contributed by atoms with van der Waals surface area (Å²) in [6.45, 7) is 4.99. The monoisotopic (exact) mass is 316 g/mol. The van der Waals surface area contributed by atoms with Crippen molar-refractivity contribution >= 4 is 5.91 Å². The number of hydrogen-bond acceptors (Lipinski definition) is 6. The lowest BCUT2D eigenvalue weighted by Crippen LogP contribution is -2.49. The Balaban J connectivity index is 1.53. The van der Waals surface area contributed by atoms with Crippen molar-refractivity contribution in [3.8, 4) is 0 Å². The second-order valence-corrected chi connectivity index (χ2v) is 5.64. The SMILES string of the molecule is Cc1nc(CN2CCN(C(=O)C(O)c3ccccc3)CC2)no1. The largest absolute Gasteiger partial charge is 0.378 e. The van der Waals surface area contributed by atoms with E-state index in [1.807, 2.05) is 18.2 Å². The van der Waals surface area contributed by atoms with Gasteiger partial charge in [-0.15, -0.1) is 0 Å². The minimum Gasteiger partial charge on any atom is -0.378 e. The molecule has 0 saturated carbocycles. The Labute approximate surface area is 134 Å². The Morgan fingerprint density at radius 2 is 1.96 bits per heavy atom. The lowest BCUT2D eigenvalue weighted by atomic mass is 10.1. The average molecular weight is 316 g/mol. The zero-order chi connectivity index (χ0) is 16.2. The average Bonchev–Trinajstić information content (AvgIpc) is 3.00. The van der Waals surface area contributed by atoms with Crippen molar-refractivity contribution in [2.24, 2.45) is 0 Å². The molecule has 1 amide bonds. The van der Waals surface area contributed by atoms with Crippen LogP contribution in [-0.4, -0.2) is 57.1 Å². The first-order valence-corrected chi connectivity index (χ1v) is 7.67. The fourth-order valence-electron chi connectivity index (χ4n) is 2.68. The highest BCUT2D eigenvalue weighted by molar-refractivity contribution is 5.82. The normalized spacial score (nSPS) is 17.2. The summed E-state index contributed by atoms with van der Waals surface area (Å²) in [6.07, 6.45) is -1.09. The highest BCUT2D eigenvalue weighted by Gasteiger charge is 2.27. The van der Waals surface area contributed by atoms with Gasteiger partial charge in [-0.3, -0.25) is 9.69 Å². The van der Waals surface area contributed by atoms with E-state index in [0.717, 1.165) is 13.1 Å². The Hall–Kier alpha value is -2.25. The Bertz CT molecular complexity index is 650. The fourth-order valence-corrected chi connectivity index (χ4v) is 2.68. The van der Waals surface area contributed by atoms with Crippen LogP contribution in [0.3, 0.4) is 0 Å².